The zero-order valence-electron chi connectivity index (χ0n) is 31.7. The van der Waals surface area contributed by atoms with Gasteiger partial charge in [-0.1, -0.05) is 71.9 Å². The van der Waals surface area contributed by atoms with Gasteiger partial charge in [-0.05, 0) is 27.7 Å². The molecule has 0 aromatic heterocycles. The predicted molar refractivity (Wildman–Crippen MR) is 195 cm³/mol. The van der Waals surface area contributed by atoms with Gasteiger partial charge in [-0.15, -0.1) is 0 Å². The summed E-state index contributed by atoms with van der Waals surface area (Å²) in [6.45, 7) is 4.59. The third-order valence-corrected chi connectivity index (χ3v) is 9.12. The fraction of sp³-hybridized carbons (Fsp3) is 0.579. The van der Waals surface area contributed by atoms with Crippen LogP contribution in [0.4, 0.5) is 0 Å². The van der Waals surface area contributed by atoms with E-state index in [4.69, 9.17) is 28.4 Å². The van der Waals surface area contributed by atoms with Crippen molar-refractivity contribution in [3.05, 3.63) is 83.1 Å². The number of hydrogen-bond donors (Lipinski definition) is 11. The molecule has 3 saturated heterocycles. The van der Waals surface area contributed by atoms with Crippen LogP contribution in [0.25, 0.3) is 0 Å². The molecule has 3 aliphatic heterocycles. The monoisotopic (exact) mass is 814 g/mol. The van der Waals surface area contributed by atoms with Gasteiger partial charge in [0.15, 0.2) is 6.29 Å². The number of hydrogen-bond acceptors (Lipinski definition) is 19. The van der Waals surface area contributed by atoms with E-state index >= 15 is 0 Å². The molecule has 19 nitrogen and oxygen atoms in total. The van der Waals surface area contributed by atoms with Crippen molar-refractivity contribution >= 4 is 11.9 Å². The summed E-state index contributed by atoms with van der Waals surface area (Å²) in [7, 11) is 0. The first kappa shape index (κ1) is 47.9. The van der Waals surface area contributed by atoms with E-state index in [0.717, 1.165) is 11.1 Å². The van der Waals surface area contributed by atoms with Crippen molar-refractivity contribution in [2.24, 2.45) is 0 Å². The van der Waals surface area contributed by atoms with Gasteiger partial charge >= 0.3 is 11.9 Å². The van der Waals surface area contributed by atoms with E-state index in [0.29, 0.717) is 0 Å². The third-order valence-electron chi connectivity index (χ3n) is 9.12. The number of carbonyl (C=O) groups excluding carboxylic acids is 2. The fourth-order valence-electron chi connectivity index (χ4n) is 5.46. The molecule has 57 heavy (non-hydrogen) atoms. The molecule has 3 heterocycles. The number of ether oxygens (including phenoxy) is 6. The first-order valence-electron chi connectivity index (χ1n) is 18.0. The van der Waals surface area contributed by atoms with Crippen molar-refractivity contribution in [2.45, 2.75) is 120 Å². The fourth-order valence-corrected chi connectivity index (χ4v) is 5.46. The van der Waals surface area contributed by atoms with Gasteiger partial charge in [0.2, 0.25) is 12.6 Å². The second-order valence-corrected chi connectivity index (χ2v) is 13.7. The standard InChI is InChI=1S/C38H54O19/c1-18(11-7-13-20(3)34(50)56-37-32(48)29(45)26(42)23(16-40)54-37)9-5-6-10-19(2)12-8-14-21(4)35(51)57-38-33(49)30(46)27(43)24(55-38)17-52-36-31(47)28(44)25(41)22(15-39)53-36/h5-14,22-33,36-49H,15-17H2,1-4H3/b6-5+,11-7+,12-8+,18-9-,19-10+,20-13+,21-14-/t22-,23-,24-,25-,26-,27-,28+,29+,30+,31-,32-,33-,36-,37+,38+/m1/s1. The molecular formula is C38H54O19. The first-order chi connectivity index (χ1) is 26.9. The summed E-state index contributed by atoms with van der Waals surface area (Å²) < 4.78 is 31.6. The van der Waals surface area contributed by atoms with E-state index in [-0.39, 0.29) is 11.1 Å². The van der Waals surface area contributed by atoms with Crippen molar-refractivity contribution in [3.63, 3.8) is 0 Å². The second-order valence-electron chi connectivity index (χ2n) is 13.7. The lowest BCUT2D eigenvalue weighted by Crippen LogP contribution is -2.61. The Labute approximate surface area is 328 Å². The Morgan fingerprint density at radius 3 is 1.23 bits per heavy atom. The van der Waals surface area contributed by atoms with Gasteiger partial charge in [-0.3, -0.25) is 0 Å². The molecule has 3 aliphatic rings. The maximum absolute atomic E-state index is 12.7. The quantitative estimate of drug-likeness (QED) is 0.0445. The zero-order chi connectivity index (χ0) is 42.6. The summed E-state index contributed by atoms with van der Waals surface area (Å²) in [6, 6.07) is 0. The highest BCUT2D eigenvalue weighted by Gasteiger charge is 2.48. The van der Waals surface area contributed by atoms with Crippen LogP contribution in [0.1, 0.15) is 27.7 Å². The molecule has 11 N–H and O–H groups in total. The normalized spacial score (nSPS) is 37.6. The zero-order valence-corrected chi connectivity index (χ0v) is 31.7. The van der Waals surface area contributed by atoms with Gasteiger partial charge in [-0.2, -0.15) is 0 Å². The van der Waals surface area contributed by atoms with E-state index in [1.54, 1.807) is 55.5 Å². The molecule has 0 aliphatic carbocycles. The van der Waals surface area contributed by atoms with E-state index in [1.807, 2.05) is 6.92 Å². The van der Waals surface area contributed by atoms with Crippen molar-refractivity contribution in [3.8, 4) is 0 Å². The number of rotatable bonds is 15. The Morgan fingerprint density at radius 1 is 0.474 bits per heavy atom. The lowest BCUT2D eigenvalue weighted by atomic mass is 9.98. The minimum absolute atomic E-state index is 0.0944. The van der Waals surface area contributed by atoms with E-state index in [9.17, 15) is 65.8 Å². The average Bonchev–Trinajstić information content (AvgIpc) is 3.18. The van der Waals surface area contributed by atoms with E-state index in [1.165, 1.54) is 26.0 Å². The average molecular weight is 815 g/mol. The molecule has 0 unspecified atom stereocenters. The largest absolute Gasteiger partial charge is 0.429 e. The highest BCUT2D eigenvalue weighted by molar-refractivity contribution is 5.88. The summed E-state index contributed by atoms with van der Waals surface area (Å²) in [5.41, 5.74) is 1.86. The number of carbonyl (C=O) groups is 2. The smallest absolute Gasteiger partial charge is 0.336 e. The summed E-state index contributed by atoms with van der Waals surface area (Å²) in [4.78, 5) is 25.2. The van der Waals surface area contributed by atoms with Crippen LogP contribution in [0, 0.1) is 0 Å². The molecule has 320 valence electrons. The molecule has 19 heteroatoms. The molecular weight excluding hydrogens is 760 g/mol. The van der Waals surface area contributed by atoms with Gasteiger partial charge in [-0.25, -0.2) is 9.59 Å². The molecule has 0 bridgehead atoms. The van der Waals surface area contributed by atoms with Gasteiger partial charge in [0, 0.05) is 11.1 Å². The lowest BCUT2D eigenvalue weighted by molar-refractivity contribution is -0.326. The minimum Gasteiger partial charge on any atom is -0.429 e. The second kappa shape index (κ2) is 22.6. The highest BCUT2D eigenvalue weighted by Crippen LogP contribution is 2.27. The summed E-state index contributed by atoms with van der Waals surface area (Å²) in [5.74, 6) is -1.75. The van der Waals surface area contributed by atoms with Crippen LogP contribution in [0.15, 0.2) is 83.1 Å². The predicted octanol–water partition coefficient (Wildman–Crippen LogP) is -3.05. The van der Waals surface area contributed by atoms with Crippen LogP contribution in [0.5, 0.6) is 0 Å². The molecule has 15 atom stereocenters. The summed E-state index contributed by atoms with van der Waals surface area (Å²) >= 11 is 0. The van der Waals surface area contributed by atoms with Gasteiger partial charge in [0.05, 0.1) is 19.8 Å². The van der Waals surface area contributed by atoms with Gasteiger partial charge in [0.1, 0.15) is 73.2 Å². The number of aliphatic hydroxyl groups is 11. The van der Waals surface area contributed by atoms with Crippen LogP contribution >= 0.6 is 0 Å². The molecule has 0 aromatic carbocycles. The molecule has 0 spiro atoms. The van der Waals surface area contributed by atoms with Crippen molar-refractivity contribution in [1.29, 1.82) is 0 Å². The first-order valence-corrected chi connectivity index (χ1v) is 18.0. The van der Waals surface area contributed by atoms with Gasteiger partial charge < -0.3 is 84.6 Å². The molecule has 0 amide bonds. The van der Waals surface area contributed by atoms with Crippen LogP contribution in [-0.2, 0) is 38.0 Å². The molecule has 0 saturated carbocycles. The Balaban J connectivity index is 1.48. The maximum atomic E-state index is 12.7. The Bertz CT molecular complexity index is 1550. The number of esters is 2. The molecule has 3 rings (SSSR count). The SMILES string of the molecule is CC(=C/C=C/C=C(C)/C=C/C=C(/C)C(=O)O[C@@H]1O[C@H](CO[C@@H]2O[C@H](CO)[C@@H](O)[C@H](O)[C@H]2O)[C@@H](O)[C@H](O)[C@H]1O)/C=C/C=C(\C)C(=O)O[C@@H]1O[C@H](CO)[C@@H](O)[C@H](O)[C@H]1O. The summed E-state index contributed by atoms with van der Waals surface area (Å²) in [6.07, 6.45) is -7.55. The van der Waals surface area contributed by atoms with Crippen LogP contribution in [0.2, 0.25) is 0 Å². The Kier molecular flexibility index (Phi) is 19.0. The van der Waals surface area contributed by atoms with Gasteiger partial charge in [0.25, 0.3) is 0 Å². The number of allylic oxidation sites excluding steroid dienone is 12. The van der Waals surface area contributed by atoms with Crippen LogP contribution < -0.4 is 0 Å². The third kappa shape index (κ3) is 13.3. The topological polar surface area (TPSA) is 312 Å². The Hall–Kier alpha value is -3.48. The lowest BCUT2D eigenvalue weighted by Gasteiger charge is -2.42. The number of aliphatic hydroxyl groups excluding tert-OH is 11. The minimum atomic E-state index is -1.83. The van der Waals surface area contributed by atoms with E-state index < -0.39 is 124 Å². The highest BCUT2D eigenvalue weighted by atomic mass is 16.7. The molecule has 0 aromatic rings. The van der Waals surface area contributed by atoms with Crippen LogP contribution in [0.3, 0.4) is 0 Å². The maximum Gasteiger partial charge on any atom is 0.336 e. The molecule has 3 fully saturated rings. The van der Waals surface area contributed by atoms with Crippen LogP contribution in [-0.4, -0.2) is 180 Å². The summed E-state index contributed by atoms with van der Waals surface area (Å²) in [5, 5.41) is 110. The van der Waals surface area contributed by atoms with E-state index in [2.05, 4.69) is 0 Å². The Morgan fingerprint density at radius 2 is 0.825 bits per heavy atom. The molecule has 0 radical (unpaired) electrons. The van der Waals surface area contributed by atoms with Crippen molar-refractivity contribution < 1.29 is 94.2 Å². The van der Waals surface area contributed by atoms with Crippen molar-refractivity contribution in [1.82, 2.24) is 0 Å². The van der Waals surface area contributed by atoms with Crippen molar-refractivity contribution in [2.75, 3.05) is 19.8 Å².